The Bertz CT molecular complexity index is 1210. The van der Waals surface area contributed by atoms with Crippen LogP contribution >= 0.6 is 0 Å². The lowest BCUT2D eigenvalue weighted by Crippen LogP contribution is -2.03. The Hall–Kier alpha value is -4.07. The fraction of sp³-hybridized carbons (Fsp3) is 0.174. The molecule has 1 aliphatic heterocycles. The first-order valence-electron chi connectivity index (χ1n) is 10.1. The van der Waals surface area contributed by atoms with E-state index in [0.29, 0.717) is 18.3 Å². The highest BCUT2D eigenvalue weighted by molar-refractivity contribution is 5.71. The third-order valence-corrected chi connectivity index (χ3v) is 5.10. The number of rotatable bonds is 7. The molecule has 4 aromatic rings. The predicted molar refractivity (Wildman–Crippen MR) is 119 cm³/mol. The summed E-state index contributed by atoms with van der Waals surface area (Å²) < 4.78 is 10.8. The van der Waals surface area contributed by atoms with Crippen LogP contribution in [-0.4, -0.2) is 33.9 Å². The van der Waals surface area contributed by atoms with Gasteiger partial charge in [0, 0.05) is 30.9 Å². The zero-order valence-electron chi connectivity index (χ0n) is 17.1. The molecule has 0 saturated heterocycles. The summed E-state index contributed by atoms with van der Waals surface area (Å²) in [5.74, 6) is 3.66. The number of nitrogens with zero attached hydrogens (tertiary/aromatic N) is 3. The fourth-order valence-electron chi connectivity index (χ4n) is 3.55. The molecule has 1 aliphatic rings. The van der Waals surface area contributed by atoms with Crippen LogP contribution in [0.25, 0.3) is 11.4 Å². The largest absolute Gasteiger partial charge is 0.497 e. The van der Waals surface area contributed by atoms with Gasteiger partial charge in [-0.2, -0.15) is 0 Å². The molecule has 0 unspecified atom stereocenters. The predicted octanol–water partition coefficient (Wildman–Crippen LogP) is 4.17. The number of fused-ring (bicyclic) bond motifs is 1. The molecule has 0 aliphatic carbocycles. The van der Waals surface area contributed by atoms with Crippen molar-refractivity contribution in [1.29, 1.82) is 0 Å². The van der Waals surface area contributed by atoms with Crippen molar-refractivity contribution >= 4 is 17.5 Å². The maximum absolute atomic E-state index is 5.59. The minimum absolute atomic E-state index is 0.539. The minimum atomic E-state index is 0.539. The van der Waals surface area contributed by atoms with E-state index in [1.165, 1.54) is 11.1 Å². The van der Waals surface area contributed by atoms with Gasteiger partial charge in [-0.25, -0.2) is 4.98 Å². The summed E-state index contributed by atoms with van der Waals surface area (Å²) in [6.07, 6.45) is 2.72. The minimum Gasteiger partial charge on any atom is -0.497 e. The zero-order valence-corrected chi connectivity index (χ0v) is 17.1. The maximum atomic E-state index is 5.59. The highest BCUT2D eigenvalue weighted by atomic mass is 16.5. The average Bonchev–Trinajstić information content (AvgIpc) is 3.47. The second kappa shape index (κ2) is 8.35. The molecule has 0 spiro atoms. The first-order valence-corrected chi connectivity index (χ1v) is 10.1. The number of pyridine rings is 1. The Morgan fingerprint density at radius 1 is 1.10 bits per heavy atom. The highest BCUT2D eigenvalue weighted by Gasteiger charge is 2.14. The molecule has 3 N–H and O–H groups in total. The van der Waals surface area contributed by atoms with Crippen LogP contribution in [-0.2, 0) is 13.0 Å². The van der Waals surface area contributed by atoms with Gasteiger partial charge in [0.1, 0.15) is 17.3 Å². The van der Waals surface area contributed by atoms with Crippen LogP contribution in [0.5, 0.6) is 11.5 Å². The van der Waals surface area contributed by atoms with Gasteiger partial charge in [-0.05, 0) is 41.5 Å². The molecule has 0 radical (unpaired) electrons. The van der Waals surface area contributed by atoms with Crippen LogP contribution in [0, 0.1) is 0 Å². The Labute approximate surface area is 179 Å². The van der Waals surface area contributed by atoms with Crippen molar-refractivity contribution in [2.75, 3.05) is 24.4 Å². The Morgan fingerprint density at radius 3 is 3.00 bits per heavy atom. The van der Waals surface area contributed by atoms with E-state index in [2.05, 4.69) is 42.9 Å². The van der Waals surface area contributed by atoms with Crippen LogP contribution < -0.4 is 20.1 Å². The summed E-state index contributed by atoms with van der Waals surface area (Å²) >= 11 is 0. The first kappa shape index (κ1) is 18.9. The van der Waals surface area contributed by atoms with E-state index in [-0.39, 0.29) is 0 Å². The monoisotopic (exact) mass is 414 g/mol. The number of nitrogens with one attached hydrogen (secondary N) is 3. The smallest absolute Gasteiger partial charge is 0.226 e. The van der Waals surface area contributed by atoms with Gasteiger partial charge < -0.3 is 25.1 Å². The summed E-state index contributed by atoms with van der Waals surface area (Å²) in [6, 6.07) is 17.8. The number of ether oxygens (including phenoxy) is 2. The second-order valence-electron chi connectivity index (χ2n) is 7.17. The van der Waals surface area contributed by atoms with E-state index in [0.717, 1.165) is 41.6 Å². The van der Waals surface area contributed by atoms with Gasteiger partial charge in [-0.3, -0.25) is 0 Å². The number of aromatic amines is 1. The fourth-order valence-corrected chi connectivity index (χ4v) is 3.55. The Morgan fingerprint density at radius 2 is 2.06 bits per heavy atom. The summed E-state index contributed by atoms with van der Waals surface area (Å²) in [5.41, 5.74) is 4.13. The molecule has 156 valence electrons. The van der Waals surface area contributed by atoms with Crippen molar-refractivity contribution in [1.82, 2.24) is 20.2 Å². The molecule has 5 rings (SSSR count). The van der Waals surface area contributed by atoms with Crippen molar-refractivity contribution < 1.29 is 9.47 Å². The number of hydrogen-bond acceptors (Lipinski definition) is 7. The van der Waals surface area contributed by atoms with Crippen molar-refractivity contribution in [2.24, 2.45) is 0 Å². The van der Waals surface area contributed by atoms with Crippen LogP contribution in [0.3, 0.4) is 0 Å². The molecule has 0 amide bonds. The first-order chi connectivity index (χ1) is 15.3. The van der Waals surface area contributed by atoms with Gasteiger partial charge in [0.05, 0.1) is 19.3 Å². The highest BCUT2D eigenvalue weighted by Crippen LogP contribution is 2.28. The Balaban J connectivity index is 1.32. The Kier molecular flexibility index (Phi) is 5.10. The third-order valence-electron chi connectivity index (χ3n) is 5.10. The van der Waals surface area contributed by atoms with Crippen molar-refractivity contribution in [2.45, 2.75) is 13.0 Å². The van der Waals surface area contributed by atoms with E-state index < -0.39 is 0 Å². The van der Waals surface area contributed by atoms with Crippen LogP contribution in [0.15, 0.2) is 60.8 Å². The second-order valence-corrected chi connectivity index (χ2v) is 7.17. The molecule has 3 heterocycles. The van der Waals surface area contributed by atoms with E-state index >= 15 is 0 Å². The molecule has 0 bridgehead atoms. The summed E-state index contributed by atoms with van der Waals surface area (Å²) in [7, 11) is 1.64. The molecule has 0 atom stereocenters. The number of anilines is 3. The third kappa shape index (κ3) is 4.13. The summed E-state index contributed by atoms with van der Waals surface area (Å²) in [4.78, 5) is 7.72. The average molecular weight is 414 g/mol. The van der Waals surface area contributed by atoms with Gasteiger partial charge in [0.25, 0.3) is 0 Å². The topological polar surface area (TPSA) is 97.0 Å². The standard InChI is InChI=1S/C23H22N6O2/c1-30-18-5-2-4-17(13-18)26-23-27-22(28-29-23)19-6-3-10-24-21(19)25-14-15-7-8-20-16(12-15)9-11-31-20/h2-8,10,12-13H,9,11,14H2,1H3,(H,24,25)(H2,26,27,28,29). The van der Waals surface area contributed by atoms with Crippen LogP contribution in [0.2, 0.25) is 0 Å². The lowest BCUT2D eigenvalue weighted by atomic mass is 10.1. The summed E-state index contributed by atoms with van der Waals surface area (Å²) in [6.45, 7) is 1.41. The summed E-state index contributed by atoms with van der Waals surface area (Å²) in [5, 5.41) is 15.1. The lowest BCUT2D eigenvalue weighted by Gasteiger charge is -2.10. The van der Waals surface area contributed by atoms with Gasteiger partial charge in [-0.1, -0.05) is 18.2 Å². The van der Waals surface area contributed by atoms with Gasteiger partial charge in [0.15, 0.2) is 5.82 Å². The molecule has 2 aromatic heterocycles. The number of benzene rings is 2. The molecular weight excluding hydrogens is 392 g/mol. The van der Waals surface area contributed by atoms with Crippen LogP contribution in [0.1, 0.15) is 11.1 Å². The van der Waals surface area contributed by atoms with Gasteiger partial charge in [0.2, 0.25) is 5.95 Å². The quantitative estimate of drug-likeness (QED) is 0.418. The molecule has 31 heavy (non-hydrogen) atoms. The number of hydrogen-bond donors (Lipinski definition) is 3. The normalized spacial score (nSPS) is 12.2. The van der Waals surface area contributed by atoms with Crippen molar-refractivity contribution in [3.8, 4) is 22.9 Å². The van der Waals surface area contributed by atoms with Crippen molar-refractivity contribution in [3.05, 3.63) is 71.9 Å². The maximum Gasteiger partial charge on any atom is 0.226 e. The van der Waals surface area contributed by atoms with E-state index in [9.17, 15) is 0 Å². The molecule has 8 nitrogen and oxygen atoms in total. The molecule has 2 aromatic carbocycles. The number of methoxy groups -OCH3 is 1. The zero-order chi connectivity index (χ0) is 21.0. The van der Waals surface area contributed by atoms with Gasteiger partial charge >= 0.3 is 0 Å². The molecule has 0 fully saturated rings. The number of H-pyrrole nitrogens is 1. The van der Waals surface area contributed by atoms with E-state index in [1.807, 2.05) is 42.5 Å². The van der Waals surface area contributed by atoms with Crippen LogP contribution in [0.4, 0.5) is 17.5 Å². The van der Waals surface area contributed by atoms with E-state index in [4.69, 9.17) is 9.47 Å². The molecule has 0 saturated carbocycles. The molecular formula is C23H22N6O2. The number of aromatic nitrogens is 4. The lowest BCUT2D eigenvalue weighted by molar-refractivity contribution is 0.357. The van der Waals surface area contributed by atoms with Gasteiger partial charge in [-0.15, -0.1) is 10.2 Å². The molecule has 8 heteroatoms. The van der Waals surface area contributed by atoms with Crippen molar-refractivity contribution in [3.63, 3.8) is 0 Å². The van der Waals surface area contributed by atoms with E-state index in [1.54, 1.807) is 13.3 Å². The SMILES string of the molecule is COc1cccc(Nc2nnc(-c3cccnc3NCc3ccc4c(c3)CCO4)[nH]2)c1.